The molecule has 0 saturated carbocycles. The van der Waals surface area contributed by atoms with Gasteiger partial charge in [-0.2, -0.15) is 0 Å². The fourth-order valence-corrected chi connectivity index (χ4v) is 4.65. The molecule has 3 aliphatic heterocycles. The van der Waals surface area contributed by atoms with Gasteiger partial charge in [-0.1, -0.05) is 0 Å². The van der Waals surface area contributed by atoms with Crippen LogP contribution in [-0.2, 0) is 14.3 Å². The summed E-state index contributed by atoms with van der Waals surface area (Å²) in [5.41, 5.74) is -0.572. The molecule has 0 radical (unpaired) electrons. The second-order valence-corrected chi connectivity index (χ2v) is 9.87. The summed E-state index contributed by atoms with van der Waals surface area (Å²) in [6.07, 6.45) is 4.48. The Morgan fingerprint density at radius 3 is 2.17 bits per heavy atom. The molecular formula is C22H38N4O4. The van der Waals surface area contributed by atoms with Gasteiger partial charge in [-0.05, 0) is 59.8 Å². The molecule has 3 rings (SSSR count). The Bertz CT molecular complexity index is 640. The number of likely N-dealkylation sites (tertiary alicyclic amines) is 2. The van der Waals surface area contributed by atoms with Crippen molar-refractivity contribution < 1.29 is 19.1 Å². The molecule has 3 saturated heterocycles. The number of hydrogen-bond donors (Lipinski definition) is 0. The van der Waals surface area contributed by atoms with Crippen molar-refractivity contribution in [3.05, 3.63) is 0 Å². The van der Waals surface area contributed by atoms with Crippen molar-refractivity contribution in [2.45, 2.75) is 77.5 Å². The Balaban J connectivity index is 1.48. The standard InChI is InChI=1S/C22H38N4O4/c1-17-8-5-6-10-25(17)19(27)16-23-12-14-24(15-13-23)20(28)18-9-7-11-26(18)21(29)30-22(2,3)4/h17-18H,5-16H2,1-4H3/t17?,18-/m0/s1. The van der Waals surface area contributed by atoms with E-state index >= 15 is 0 Å². The molecule has 0 bridgehead atoms. The van der Waals surface area contributed by atoms with E-state index in [0.29, 0.717) is 51.7 Å². The lowest BCUT2D eigenvalue weighted by molar-refractivity contribution is -0.139. The van der Waals surface area contributed by atoms with Gasteiger partial charge in [-0.15, -0.1) is 0 Å². The molecule has 3 heterocycles. The maximum atomic E-state index is 13.1. The summed E-state index contributed by atoms with van der Waals surface area (Å²) in [7, 11) is 0. The van der Waals surface area contributed by atoms with Gasteiger partial charge < -0.3 is 14.5 Å². The highest BCUT2D eigenvalue weighted by Gasteiger charge is 2.39. The maximum absolute atomic E-state index is 13.1. The number of rotatable bonds is 3. The zero-order valence-corrected chi connectivity index (χ0v) is 19.1. The Morgan fingerprint density at radius 1 is 0.867 bits per heavy atom. The zero-order chi connectivity index (χ0) is 21.9. The van der Waals surface area contributed by atoms with Crippen LogP contribution in [-0.4, -0.2) is 101 Å². The predicted octanol–water partition coefficient (Wildman–Crippen LogP) is 1.93. The van der Waals surface area contributed by atoms with E-state index in [9.17, 15) is 14.4 Å². The highest BCUT2D eigenvalue weighted by atomic mass is 16.6. The van der Waals surface area contributed by atoms with Crippen molar-refractivity contribution in [2.75, 3.05) is 45.8 Å². The number of amides is 3. The highest BCUT2D eigenvalue weighted by Crippen LogP contribution is 2.23. The molecule has 170 valence electrons. The molecule has 3 amide bonds. The number of nitrogens with zero attached hydrogens (tertiary/aromatic N) is 4. The average molecular weight is 423 g/mol. The number of hydrogen-bond acceptors (Lipinski definition) is 5. The molecule has 0 aromatic heterocycles. The summed E-state index contributed by atoms with van der Waals surface area (Å²) < 4.78 is 5.48. The van der Waals surface area contributed by atoms with E-state index in [4.69, 9.17) is 4.74 Å². The largest absolute Gasteiger partial charge is 0.444 e. The first-order valence-electron chi connectivity index (χ1n) is 11.5. The normalized spacial score (nSPS) is 26.1. The van der Waals surface area contributed by atoms with Gasteiger partial charge in [0.1, 0.15) is 11.6 Å². The van der Waals surface area contributed by atoms with Crippen molar-refractivity contribution in [2.24, 2.45) is 0 Å². The van der Waals surface area contributed by atoms with Gasteiger partial charge in [-0.25, -0.2) is 4.79 Å². The van der Waals surface area contributed by atoms with Crippen molar-refractivity contribution >= 4 is 17.9 Å². The molecular weight excluding hydrogens is 384 g/mol. The van der Waals surface area contributed by atoms with Gasteiger partial charge in [0, 0.05) is 45.3 Å². The van der Waals surface area contributed by atoms with E-state index in [1.807, 2.05) is 30.6 Å². The van der Waals surface area contributed by atoms with Crippen LogP contribution in [0.25, 0.3) is 0 Å². The number of piperazine rings is 1. The summed E-state index contributed by atoms with van der Waals surface area (Å²) in [5.74, 6) is 0.211. The molecule has 0 aromatic carbocycles. The molecule has 0 aliphatic carbocycles. The van der Waals surface area contributed by atoms with E-state index in [2.05, 4.69) is 11.8 Å². The molecule has 0 N–H and O–H groups in total. The number of carbonyl (C=O) groups is 3. The molecule has 3 aliphatic rings. The van der Waals surface area contributed by atoms with E-state index < -0.39 is 17.7 Å². The lowest BCUT2D eigenvalue weighted by Gasteiger charge is -2.39. The summed E-state index contributed by atoms with van der Waals surface area (Å²) in [5, 5.41) is 0. The topological polar surface area (TPSA) is 73.4 Å². The summed E-state index contributed by atoms with van der Waals surface area (Å²) in [6.45, 7) is 12.1. The van der Waals surface area contributed by atoms with E-state index in [0.717, 1.165) is 25.8 Å². The van der Waals surface area contributed by atoms with Crippen molar-refractivity contribution in [3.63, 3.8) is 0 Å². The molecule has 2 atom stereocenters. The SMILES string of the molecule is CC1CCCCN1C(=O)CN1CCN(C(=O)[C@@H]2CCCN2C(=O)OC(C)(C)C)CC1. The Hall–Kier alpha value is -1.83. The minimum atomic E-state index is -0.572. The maximum Gasteiger partial charge on any atom is 0.410 e. The monoisotopic (exact) mass is 422 g/mol. The van der Waals surface area contributed by atoms with Crippen molar-refractivity contribution in [1.29, 1.82) is 0 Å². The minimum Gasteiger partial charge on any atom is -0.444 e. The van der Waals surface area contributed by atoms with Crippen molar-refractivity contribution in [3.8, 4) is 0 Å². The fraction of sp³-hybridized carbons (Fsp3) is 0.864. The lowest BCUT2D eigenvalue weighted by atomic mass is 10.0. The van der Waals surface area contributed by atoms with Crippen LogP contribution in [0.3, 0.4) is 0 Å². The van der Waals surface area contributed by atoms with Crippen LogP contribution in [0.1, 0.15) is 59.8 Å². The van der Waals surface area contributed by atoms with E-state index in [1.165, 1.54) is 6.42 Å². The number of ether oxygens (including phenoxy) is 1. The van der Waals surface area contributed by atoms with Crippen LogP contribution in [0.5, 0.6) is 0 Å². The van der Waals surface area contributed by atoms with E-state index in [-0.39, 0.29) is 11.8 Å². The van der Waals surface area contributed by atoms with Crippen LogP contribution >= 0.6 is 0 Å². The zero-order valence-electron chi connectivity index (χ0n) is 19.1. The second kappa shape index (κ2) is 9.54. The van der Waals surface area contributed by atoms with Crippen LogP contribution in [0.15, 0.2) is 0 Å². The third-order valence-electron chi connectivity index (χ3n) is 6.33. The van der Waals surface area contributed by atoms with E-state index in [1.54, 1.807) is 4.90 Å². The smallest absolute Gasteiger partial charge is 0.410 e. The first-order chi connectivity index (χ1) is 14.2. The molecule has 8 nitrogen and oxygen atoms in total. The van der Waals surface area contributed by atoms with Gasteiger partial charge in [0.2, 0.25) is 11.8 Å². The molecule has 30 heavy (non-hydrogen) atoms. The number of carbonyl (C=O) groups excluding carboxylic acids is 3. The van der Waals surface area contributed by atoms with Gasteiger partial charge in [0.25, 0.3) is 0 Å². The van der Waals surface area contributed by atoms with Crippen LogP contribution in [0.4, 0.5) is 4.79 Å². The van der Waals surface area contributed by atoms with Gasteiger partial charge in [0.05, 0.1) is 6.54 Å². The van der Waals surface area contributed by atoms with Crippen LogP contribution in [0.2, 0.25) is 0 Å². The molecule has 3 fully saturated rings. The lowest BCUT2D eigenvalue weighted by Crippen LogP contribution is -2.56. The third kappa shape index (κ3) is 5.65. The Kier molecular flexibility index (Phi) is 7.26. The van der Waals surface area contributed by atoms with Crippen LogP contribution < -0.4 is 0 Å². The third-order valence-corrected chi connectivity index (χ3v) is 6.33. The fourth-order valence-electron chi connectivity index (χ4n) is 4.65. The van der Waals surface area contributed by atoms with Gasteiger partial charge in [-0.3, -0.25) is 19.4 Å². The average Bonchev–Trinajstić information content (AvgIpc) is 3.17. The number of piperidine rings is 1. The highest BCUT2D eigenvalue weighted by molar-refractivity contribution is 5.86. The molecule has 8 heteroatoms. The first-order valence-corrected chi connectivity index (χ1v) is 11.5. The second-order valence-electron chi connectivity index (χ2n) is 9.87. The summed E-state index contributed by atoms with van der Waals surface area (Å²) >= 11 is 0. The molecule has 0 spiro atoms. The summed E-state index contributed by atoms with van der Waals surface area (Å²) in [4.78, 5) is 45.8. The predicted molar refractivity (Wildman–Crippen MR) is 114 cm³/mol. The molecule has 1 unspecified atom stereocenters. The Morgan fingerprint density at radius 2 is 1.53 bits per heavy atom. The van der Waals surface area contributed by atoms with Gasteiger partial charge >= 0.3 is 6.09 Å². The van der Waals surface area contributed by atoms with Crippen LogP contribution in [0, 0.1) is 0 Å². The summed E-state index contributed by atoms with van der Waals surface area (Å²) in [6, 6.07) is -0.0995. The van der Waals surface area contributed by atoms with Crippen molar-refractivity contribution in [1.82, 2.24) is 19.6 Å². The molecule has 0 aromatic rings. The minimum absolute atomic E-state index is 0.00832. The first kappa shape index (κ1) is 22.8. The quantitative estimate of drug-likeness (QED) is 0.695. The Labute approximate surface area is 180 Å². The van der Waals surface area contributed by atoms with Gasteiger partial charge in [0.15, 0.2) is 0 Å².